The number of rotatable bonds is 8. The summed E-state index contributed by atoms with van der Waals surface area (Å²) in [7, 11) is -2.15. The number of nitrogens with zero attached hydrogens (tertiary/aromatic N) is 3. The van der Waals surface area contributed by atoms with Gasteiger partial charge in [0.05, 0.1) is 41.3 Å². The van der Waals surface area contributed by atoms with E-state index in [4.69, 9.17) is 14.5 Å². The lowest BCUT2D eigenvalue weighted by Crippen LogP contribution is -2.27. The molecule has 2 aliphatic rings. The third-order valence-corrected chi connectivity index (χ3v) is 9.46. The van der Waals surface area contributed by atoms with E-state index in [9.17, 15) is 13.2 Å². The maximum absolute atomic E-state index is 13.1. The van der Waals surface area contributed by atoms with Crippen LogP contribution in [0.2, 0.25) is 0 Å². The fourth-order valence-electron chi connectivity index (χ4n) is 4.66. The van der Waals surface area contributed by atoms with Crippen molar-refractivity contribution in [2.24, 2.45) is 0 Å². The molecule has 0 bridgehead atoms. The molecule has 2 fully saturated rings. The van der Waals surface area contributed by atoms with Crippen molar-refractivity contribution in [2.75, 3.05) is 26.8 Å². The van der Waals surface area contributed by atoms with Crippen molar-refractivity contribution in [2.45, 2.75) is 54.1 Å². The number of methoxy groups -OCH3 is 1. The zero-order valence-electron chi connectivity index (χ0n) is 19.7. The second-order valence-electron chi connectivity index (χ2n) is 8.88. The van der Waals surface area contributed by atoms with Crippen molar-refractivity contribution in [3.05, 3.63) is 53.6 Å². The molecule has 0 N–H and O–H groups in total. The monoisotopic (exact) mass is 515 g/mol. The molecule has 2 aromatic carbocycles. The van der Waals surface area contributed by atoms with Gasteiger partial charge in [0.2, 0.25) is 10.0 Å². The van der Waals surface area contributed by atoms with Crippen molar-refractivity contribution in [3.63, 3.8) is 0 Å². The summed E-state index contributed by atoms with van der Waals surface area (Å²) < 4.78 is 40.6. The molecule has 3 aromatic rings. The molecule has 5 rings (SSSR count). The number of sulfonamides is 1. The molecule has 186 valence electrons. The molecule has 10 heteroatoms. The quantitative estimate of drug-likeness (QED) is 0.330. The summed E-state index contributed by atoms with van der Waals surface area (Å²) in [5, 5.41) is 0.801. The van der Waals surface area contributed by atoms with Crippen LogP contribution in [0.25, 0.3) is 11.0 Å². The smallest absolute Gasteiger partial charge is 0.337 e. The molecule has 0 amide bonds. The van der Waals surface area contributed by atoms with E-state index in [-0.39, 0.29) is 17.0 Å². The predicted octanol–water partition coefficient (Wildman–Crippen LogP) is 4.08. The third-order valence-electron chi connectivity index (χ3n) is 6.51. The van der Waals surface area contributed by atoms with Gasteiger partial charge in [-0.25, -0.2) is 18.2 Å². The van der Waals surface area contributed by atoms with Gasteiger partial charge in [-0.15, -0.1) is 0 Å². The fourth-order valence-corrected chi connectivity index (χ4v) is 7.16. The van der Waals surface area contributed by atoms with E-state index >= 15 is 0 Å². The van der Waals surface area contributed by atoms with Crippen LogP contribution >= 0.6 is 11.8 Å². The van der Waals surface area contributed by atoms with Gasteiger partial charge in [0, 0.05) is 25.4 Å². The maximum Gasteiger partial charge on any atom is 0.337 e. The molecule has 8 nitrogen and oxygen atoms in total. The molecule has 1 aromatic heterocycles. The van der Waals surface area contributed by atoms with Crippen molar-refractivity contribution < 1.29 is 22.7 Å². The molecule has 0 aliphatic carbocycles. The van der Waals surface area contributed by atoms with Crippen LogP contribution in [0, 0.1) is 0 Å². The highest BCUT2D eigenvalue weighted by Gasteiger charge is 2.28. The summed E-state index contributed by atoms with van der Waals surface area (Å²) in [4.78, 5) is 17.0. The van der Waals surface area contributed by atoms with Gasteiger partial charge in [0.15, 0.2) is 5.16 Å². The number of ether oxygens (including phenoxy) is 2. The first kappa shape index (κ1) is 24.3. The molecule has 1 unspecified atom stereocenters. The predicted molar refractivity (Wildman–Crippen MR) is 134 cm³/mol. The fraction of sp³-hybridized carbons (Fsp3) is 0.440. The summed E-state index contributed by atoms with van der Waals surface area (Å²) in [6.07, 6.45) is 3.94. The summed E-state index contributed by atoms with van der Waals surface area (Å²) in [5.41, 5.74) is 3.04. The second-order valence-corrected chi connectivity index (χ2v) is 11.8. The minimum Gasteiger partial charge on any atom is -0.465 e. The summed E-state index contributed by atoms with van der Waals surface area (Å²) in [5.74, 6) is 0.243. The highest BCUT2D eigenvalue weighted by atomic mass is 32.2. The van der Waals surface area contributed by atoms with Crippen molar-refractivity contribution in [1.29, 1.82) is 0 Å². The zero-order chi connectivity index (χ0) is 24.4. The van der Waals surface area contributed by atoms with E-state index in [0.29, 0.717) is 36.5 Å². The van der Waals surface area contributed by atoms with E-state index in [2.05, 4.69) is 4.57 Å². The number of fused-ring (bicyclic) bond motifs is 1. The minimum absolute atomic E-state index is 0.113. The summed E-state index contributed by atoms with van der Waals surface area (Å²) in [6, 6.07) is 12.6. The molecule has 0 radical (unpaired) electrons. The molecule has 2 aliphatic heterocycles. The van der Waals surface area contributed by atoms with Gasteiger partial charge in [0.1, 0.15) is 0 Å². The topological polar surface area (TPSA) is 90.7 Å². The number of hydrogen-bond donors (Lipinski definition) is 0. The van der Waals surface area contributed by atoms with Crippen LogP contribution in [-0.4, -0.2) is 61.2 Å². The molecule has 3 heterocycles. The highest BCUT2D eigenvalue weighted by molar-refractivity contribution is 7.98. The first-order valence-corrected chi connectivity index (χ1v) is 14.3. The first-order valence-electron chi connectivity index (χ1n) is 11.9. The number of aromatic nitrogens is 2. The average molecular weight is 516 g/mol. The van der Waals surface area contributed by atoms with E-state index in [1.54, 1.807) is 34.3 Å². The Morgan fingerprint density at radius 2 is 2.00 bits per heavy atom. The van der Waals surface area contributed by atoms with E-state index < -0.39 is 10.0 Å². The van der Waals surface area contributed by atoms with Gasteiger partial charge in [0.25, 0.3) is 0 Å². The van der Waals surface area contributed by atoms with Gasteiger partial charge < -0.3 is 14.0 Å². The lowest BCUT2D eigenvalue weighted by Gasteiger charge is -2.16. The SMILES string of the molecule is COC(=O)c1cccc(CSc2nc3cc(S(=O)(=O)N4CCCC4)ccc3n2CC2CCCO2)c1. The van der Waals surface area contributed by atoms with Crippen LogP contribution in [0.1, 0.15) is 41.6 Å². The number of thioether (sulfide) groups is 1. The molecule has 35 heavy (non-hydrogen) atoms. The van der Waals surface area contributed by atoms with Crippen LogP contribution in [0.5, 0.6) is 0 Å². The summed E-state index contributed by atoms with van der Waals surface area (Å²) >= 11 is 1.56. The van der Waals surface area contributed by atoms with Gasteiger partial charge in [-0.3, -0.25) is 0 Å². The number of benzene rings is 2. The molecule has 1 atom stereocenters. The van der Waals surface area contributed by atoms with Crippen LogP contribution in [0.4, 0.5) is 0 Å². The lowest BCUT2D eigenvalue weighted by atomic mass is 10.1. The Kier molecular flexibility index (Phi) is 7.15. The van der Waals surface area contributed by atoms with E-state index in [1.807, 2.05) is 24.3 Å². The lowest BCUT2D eigenvalue weighted by molar-refractivity contribution is 0.0600. The Hall–Kier alpha value is -2.40. The van der Waals surface area contributed by atoms with Crippen molar-refractivity contribution in [1.82, 2.24) is 13.9 Å². The van der Waals surface area contributed by atoms with Gasteiger partial charge >= 0.3 is 5.97 Å². The average Bonchev–Trinajstić information content (AvgIpc) is 3.64. The number of carbonyl (C=O) groups excluding carboxylic acids is 1. The van der Waals surface area contributed by atoms with Gasteiger partial charge in [-0.1, -0.05) is 23.9 Å². The largest absolute Gasteiger partial charge is 0.465 e. The van der Waals surface area contributed by atoms with Crippen LogP contribution in [-0.2, 0) is 31.8 Å². The van der Waals surface area contributed by atoms with Gasteiger partial charge in [-0.05, 0) is 61.6 Å². The molecule has 2 saturated heterocycles. The second kappa shape index (κ2) is 10.3. The van der Waals surface area contributed by atoms with Crippen LogP contribution in [0.15, 0.2) is 52.5 Å². The standard InChI is InChI=1S/C25H29N3O5S2/c1-32-24(29)19-7-4-6-18(14-19)17-34-25-26-22-15-21(35(30,31)27-11-2-3-12-27)9-10-23(22)28(25)16-20-8-5-13-33-20/h4,6-7,9-10,14-15,20H,2-3,5,8,11-13,16-17H2,1H3. The zero-order valence-corrected chi connectivity index (χ0v) is 21.3. The van der Waals surface area contributed by atoms with Crippen molar-refractivity contribution in [3.8, 4) is 0 Å². The third kappa shape index (κ3) is 5.11. The minimum atomic E-state index is -3.52. The number of esters is 1. The highest BCUT2D eigenvalue weighted by Crippen LogP contribution is 2.31. The van der Waals surface area contributed by atoms with E-state index in [1.165, 1.54) is 7.11 Å². The Balaban J connectivity index is 1.46. The number of imidazole rings is 1. The number of carbonyl (C=O) groups is 1. The Morgan fingerprint density at radius 1 is 1.17 bits per heavy atom. The molecular formula is C25H29N3O5S2. The van der Waals surface area contributed by atoms with Gasteiger partial charge in [-0.2, -0.15) is 4.31 Å². The molecule has 0 spiro atoms. The summed E-state index contributed by atoms with van der Waals surface area (Å²) in [6.45, 7) is 2.57. The Morgan fingerprint density at radius 3 is 2.74 bits per heavy atom. The first-order chi connectivity index (χ1) is 17.0. The van der Waals surface area contributed by atoms with Crippen LogP contribution in [0.3, 0.4) is 0 Å². The maximum atomic E-state index is 13.1. The van der Waals surface area contributed by atoms with Crippen LogP contribution < -0.4 is 0 Å². The molecular weight excluding hydrogens is 486 g/mol. The normalized spacial score (nSPS) is 18.9. The van der Waals surface area contributed by atoms with Crippen molar-refractivity contribution >= 4 is 38.8 Å². The van der Waals surface area contributed by atoms with E-state index in [0.717, 1.165) is 48.5 Å². The number of hydrogen-bond acceptors (Lipinski definition) is 7. The Labute approximate surface area is 209 Å². The Bertz CT molecular complexity index is 1330. The molecule has 0 saturated carbocycles.